The largest absolute Gasteiger partial charge is 0.454 e. The number of nitrogens with zero attached hydrogens (tertiary/aromatic N) is 2. The first-order chi connectivity index (χ1) is 13.3. The van der Waals surface area contributed by atoms with Crippen LogP contribution in [0.3, 0.4) is 0 Å². The first kappa shape index (κ1) is 16.0. The third kappa shape index (κ3) is 2.93. The SMILES string of the molecule is O=C(CSc1ncnc2c1[nH]c1ccccc12)Nc1ccc2c(c1)OCO2. The summed E-state index contributed by atoms with van der Waals surface area (Å²) in [6.07, 6.45) is 1.53. The second-order valence-electron chi connectivity index (χ2n) is 5.98. The summed E-state index contributed by atoms with van der Waals surface area (Å²) in [5.74, 6) is 1.43. The third-order valence-corrected chi connectivity index (χ3v) is 5.24. The monoisotopic (exact) mass is 378 g/mol. The number of amides is 1. The number of carbonyl (C=O) groups excluding carboxylic acids is 1. The Morgan fingerprint density at radius 2 is 2.04 bits per heavy atom. The molecule has 0 saturated heterocycles. The highest BCUT2D eigenvalue weighted by Gasteiger charge is 2.15. The van der Waals surface area contributed by atoms with Crippen LogP contribution in [0, 0.1) is 0 Å². The molecule has 0 fully saturated rings. The summed E-state index contributed by atoms with van der Waals surface area (Å²) in [7, 11) is 0. The number of benzene rings is 2. The second-order valence-corrected chi connectivity index (χ2v) is 6.94. The summed E-state index contributed by atoms with van der Waals surface area (Å²) < 4.78 is 10.6. The van der Waals surface area contributed by atoms with Crippen LogP contribution in [0.25, 0.3) is 21.9 Å². The molecule has 2 aromatic heterocycles. The molecular weight excluding hydrogens is 364 g/mol. The van der Waals surface area contributed by atoms with Crippen LogP contribution in [-0.2, 0) is 4.79 Å². The molecule has 7 nitrogen and oxygen atoms in total. The highest BCUT2D eigenvalue weighted by Crippen LogP contribution is 2.34. The smallest absolute Gasteiger partial charge is 0.234 e. The van der Waals surface area contributed by atoms with Gasteiger partial charge in [-0.1, -0.05) is 30.0 Å². The lowest BCUT2D eigenvalue weighted by Crippen LogP contribution is -2.14. The Labute approximate surface area is 158 Å². The minimum Gasteiger partial charge on any atom is -0.454 e. The lowest BCUT2D eigenvalue weighted by atomic mass is 10.2. The predicted octanol–water partition coefficient (Wildman–Crippen LogP) is 3.57. The zero-order valence-electron chi connectivity index (χ0n) is 14.1. The van der Waals surface area contributed by atoms with Gasteiger partial charge in [0, 0.05) is 22.7 Å². The van der Waals surface area contributed by atoms with Crippen LogP contribution in [0.15, 0.2) is 53.8 Å². The van der Waals surface area contributed by atoms with Crippen molar-refractivity contribution < 1.29 is 14.3 Å². The molecule has 0 bridgehead atoms. The third-order valence-electron chi connectivity index (χ3n) is 4.25. The number of nitrogens with one attached hydrogen (secondary N) is 2. The van der Waals surface area contributed by atoms with Gasteiger partial charge < -0.3 is 19.8 Å². The van der Waals surface area contributed by atoms with Crippen molar-refractivity contribution in [2.24, 2.45) is 0 Å². The van der Waals surface area contributed by atoms with E-state index in [1.54, 1.807) is 18.2 Å². The number of hydrogen-bond donors (Lipinski definition) is 2. The number of aromatic nitrogens is 3. The van der Waals surface area contributed by atoms with Gasteiger partial charge in [0.25, 0.3) is 0 Å². The zero-order valence-corrected chi connectivity index (χ0v) is 14.9. The normalized spacial score (nSPS) is 12.6. The van der Waals surface area contributed by atoms with E-state index in [9.17, 15) is 4.79 Å². The van der Waals surface area contributed by atoms with E-state index in [0.717, 1.165) is 27.0 Å². The molecule has 2 aromatic carbocycles. The average Bonchev–Trinajstić information content (AvgIpc) is 3.30. The molecule has 0 unspecified atom stereocenters. The van der Waals surface area contributed by atoms with Crippen molar-refractivity contribution in [3.8, 4) is 11.5 Å². The van der Waals surface area contributed by atoms with Gasteiger partial charge in [-0.2, -0.15) is 0 Å². The van der Waals surface area contributed by atoms with Crippen LogP contribution in [-0.4, -0.2) is 33.4 Å². The summed E-state index contributed by atoms with van der Waals surface area (Å²) in [5, 5.41) is 4.66. The molecule has 0 radical (unpaired) electrons. The van der Waals surface area contributed by atoms with Crippen molar-refractivity contribution in [3.63, 3.8) is 0 Å². The molecule has 0 aliphatic carbocycles. The van der Waals surface area contributed by atoms with Crippen molar-refractivity contribution in [2.75, 3.05) is 17.9 Å². The summed E-state index contributed by atoms with van der Waals surface area (Å²) >= 11 is 1.37. The number of aromatic amines is 1. The van der Waals surface area contributed by atoms with E-state index in [4.69, 9.17) is 9.47 Å². The molecule has 0 atom stereocenters. The fraction of sp³-hybridized carbons (Fsp3) is 0.105. The summed E-state index contributed by atoms with van der Waals surface area (Å²) in [6.45, 7) is 0.205. The lowest BCUT2D eigenvalue weighted by Gasteiger charge is -2.06. The lowest BCUT2D eigenvalue weighted by molar-refractivity contribution is -0.113. The minimum atomic E-state index is -0.123. The van der Waals surface area contributed by atoms with Crippen molar-refractivity contribution in [1.82, 2.24) is 15.0 Å². The van der Waals surface area contributed by atoms with Gasteiger partial charge in [-0.3, -0.25) is 4.79 Å². The van der Waals surface area contributed by atoms with E-state index < -0.39 is 0 Å². The Balaban J connectivity index is 1.33. The van der Waals surface area contributed by atoms with Crippen molar-refractivity contribution in [2.45, 2.75) is 5.03 Å². The topological polar surface area (TPSA) is 89.1 Å². The van der Waals surface area contributed by atoms with E-state index in [2.05, 4.69) is 20.3 Å². The van der Waals surface area contributed by atoms with Crippen LogP contribution >= 0.6 is 11.8 Å². The number of para-hydroxylation sites is 1. The van der Waals surface area contributed by atoms with E-state index in [-0.39, 0.29) is 18.5 Å². The van der Waals surface area contributed by atoms with Crippen LogP contribution < -0.4 is 14.8 Å². The van der Waals surface area contributed by atoms with E-state index >= 15 is 0 Å². The van der Waals surface area contributed by atoms with Crippen LogP contribution in [0.5, 0.6) is 11.5 Å². The highest BCUT2D eigenvalue weighted by atomic mass is 32.2. The standard InChI is InChI=1S/C19H14N4O3S/c24-16(22-11-5-6-14-15(7-11)26-10-25-14)8-27-19-18-17(20-9-21-19)12-3-1-2-4-13(12)23-18/h1-7,9,23H,8,10H2,(H,22,24). The van der Waals surface area contributed by atoms with Gasteiger partial charge >= 0.3 is 0 Å². The van der Waals surface area contributed by atoms with Crippen molar-refractivity contribution in [1.29, 1.82) is 0 Å². The Morgan fingerprint density at radius 3 is 3.00 bits per heavy atom. The maximum Gasteiger partial charge on any atom is 0.234 e. The number of rotatable bonds is 4. The molecule has 2 N–H and O–H groups in total. The van der Waals surface area contributed by atoms with Gasteiger partial charge in [-0.05, 0) is 18.2 Å². The van der Waals surface area contributed by atoms with Gasteiger partial charge in [0.2, 0.25) is 12.7 Å². The Hall–Kier alpha value is -3.26. The molecular formula is C19H14N4O3S. The Kier molecular flexibility index (Phi) is 3.83. The molecule has 1 aliphatic rings. The van der Waals surface area contributed by atoms with E-state index in [1.807, 2.05) is 24.3 Å². The maximum atomic E-state index is 12.3. The number of carbonyl (C=O) groups is 1. The molecule has 4 aromatic rings. The molecule has 0 saturated carbocycles. The Morgan fingerprint density at radius 1 is 1.15 bits per heavy atom. The maximum absolute atomic E-state index is 12.3. The second kappa shape index (κ2) is 6.48. The van der Waals surface area contributed by atoms with Gasteiger partial charge in [0.15, 0.2) is 11.5 Å². The molecule has 1 aliphatic heterocycles. The number of anilines is 1. The number of thioether (sulfide) groups is 1. The summed E-state index contributed by atoms with van der Waals surface area (Å²) in [5.41, 5.74) is 3.38. The molecule has 27 heavy (non-hydrogen) atoms. The zero-order chi connectivity index (χ0) is 18.2. The Bertz CT molecular complexity index is 1170. The minimum absolute atomic E-state index is 0.123. The predicted molar refractivity (Wildman–Crippen MR) is 103 cm³/mol. The van der Waals surface area contributed by atoms with Gasteiger partial charge in [0.1, 0.15) is 16.9 Å². The fourth-order valence-corrected chi connectivity index (χ4v) is 3.79. The number of hydrogen-bond acceptors (Lipinski definition) is 6. The quantitative estimate of drug-likeness (QED) is 0.417. The fourth-order valence-electron chi connectivity index (χ4n) is 3.03. The number of fused-ring (bicyclic) bond motifs is 4. The van der Waals surface area contributed by atoms with E-state index in [1.165, 1.54) is 18.1 Å². The average molecular weight is 378 g/mol. The molecule has 134 valence electrons. The first-order valence-electron chi connectivity index (χ1n) is 8.32. The summed E-state index contributed by atoms with van der Waals surface area (Å²) in [4.78, 5) is 24.4. The summed E-state index contributed by atoms with van der Waals surface area (Å²) in [6, 6.07) is 13.3. The van der Waals surface area contributed by atoms with Gasteiger partial charge in [-0.15, -0.1) is 0 Å². The first-order valence-corrected chi connectivity index (χ1v) is 9.30. The highest BCUT2D eigenvalue weighted by molar-refractivity contribution is 8.00. The van der Waals surface area contributed by atoms with E-state index in [0.29, 0.717) is 17.2 Å². The van der Waals surface area contributed by atoms with Crippen molar-refractivity contribution in [3.05, 3.63) is 48.8 Å². The van der Waals surface area contributed by atoms with Crippen molar-refractivity contribution >= 4 is 45.3 Å². The molecule has 8 heteroatoms. The molecule has 1 amide bonds. The van der Waals surface area contributed by atoms with Gasteiger partial charge in [-0.25, -0.2) is 9.97 Å². The number of ether oxygens (including phenoxy) is 2. The van der Waals surface area contributed by atoms with Crippen LogP contribution in [0.2, 0.25) is 0 Å². The van der Waals surface area contributed by atoms with Crippen LogP contribution in [0.1, 0.15) is 0 Å². The molecule has 0 spiro atoms. The van der Waals surface area contributed by atoms with Crippen LogP contribution in [0.4, 0.5) is 5.69 Å². The van der Waals surface area contributed by atoms with Gasteiger partial charge in [0.05, 0.1) is 11.3 Å². The number of H-pyrrole nitrogens is 1. The molecule has 3 heterocycles. The molecule has 5 rings (SSSR count).